The molecule has 0 radical (unpaired) electrons. The number of benzene rings is 9. The fourth-order valence-electron chi connectivity index (χ4n) is 9.22. The van der Waals surface area contributed by atoms with E-state index in [1.807, 2.05) is 6.07 Å². The van der Waals surface area contributed by atoms with E-state index in [4.69, 9.17) is 4.42 Å². The number of furan rings is 1. The summed E-state index contributed by atoms with van der Waals surface area (Å²) in [6.45, 7) is 4.71. The van der Waals surface area contributed by atoms with Gasteiger partial charge in [0.05, 0.1) is 0 Å². The molecule has 1 aromatic heterocycles. The van der Waals surface area contributed by atoms with Gasteiger partial charge in [-0.2, -0.15) is 0 Å². The molecule has 1 heterocycles. The van der Waals surface area contributed by atoms with Gasteiger partial charge in [-0.25, -0.2) is 0 Å². The molecule has 0 saturated heterocycles. The SMILES string of the molecule is CC1(C)c2ccccc2-c2ccc(-c3cccc(-c4c5ccccc5c(-c5cc6c7ccccc7oc6c6ccccc56)c5ccccc45)c3)cc21. The minimum atomic E-state index is -0.0439. The highest BCUT2D eigenvalue weighted by Gasteiger charge is 2.35. The predicted molar refractivity (Wildman–Crippen MR) is 220 cm³/mol. The van der Waals surface area contributed by atoms with Crippen LogP contribution in [0.2, 0.25) is 0 Å². The van der Waals surface area contributed by atoms with Crippen LogP contribution in [0.25, 0.3) is 98.8 Å². The molecule has 10 aromatic rings. The Labute approximate surface area is 302 Å². The topological polar surface area (TPSA) is 13.1 Å². The van der Waals surface area contributed by atoms with E-state index in [0.29, 0.717) is 0 Å². The lowest BCUT2D eigenvalue weighted by Gasteiger charge is -2.22. The van der Waals surface area contributed by atoms with Crippen molar-refractivity contribution in [1.29, 1.82) is 0 Å². The van der Waals surface area contributed by atoms with Crippen molar-refractivity contribution in [3.05, 3.63) is 181 Å². The van der Waals surface area contributed by atoms with E-state index in [-0.39, 0.29) is 5.41 Å². The molecular weight excluding hydrogens is 629 g/mol. The van der Waals surface area contributed by atoms with E-state index in [2.05, 4.69) is 178 Å². The van der Waals surface area contributed by atoms with Crippen molar-refractivity contribution in [3.63, 3.8) is 0 Å². The summed E-state index contributed by atoms with van der Waals surface area (Å²) in [5.41, 5.74) is 14.8. The summed E-state index contributed by atoms with van der Waals surface area (Å²) in [6.07, 6.45) is 0. The highest BCUT2D eigenvalue weighted by atomic mass is 16.3. The second kappa shape index (κ2) is 10.8. The average molecular weight is 663 g/mol. The molecule has 1 aliphatic rings. The lowest BCUT2D eigenvalue weighted by molar-refractivity contribution is 0.660. The quantitative estimate of drug-likeness (QED) is 0.172. The van der Waals surface area contributed by atoms with Crippen LogP contribution in [0.3, 0.4) is 0 Å². The number of fused-ring (bicyclic) bond motifs is 10. The van der Waals surface area contributed by atoms with Crippen molar-refractivity contribution < 1.29 is 4.42 Å². The lowest BCUT2D eigenvalue weighted by Crippen LogP contribution is -2.14. The molecule has 0 fully saturated rings. The van der Waals surface area contributed by atoms with Crippen molar-refractivity contribution in [2.45, 2.75) is 19.3 Å². The summed E-state index contributed by atoms with van der Waals surface area (Å²) in [7, 11) is 0. The van der Waals surface area contributed by atoms with Crippen LogP contribution in [0.1, 0.15) is 25.0 Å². The standard InChI is InChI=1S/C51H34O/c1-51(2)45-24-11-9-17-35(45)36-27-26-32(29-46(36)51)31-14-13-15-33(28-31)48-38-19-4-6-21-40(38)49(41-22-7-5-20-39(41)48)43-30-44-37-18-10-12-25-47(37)52-50(44)42-23-8-3-16-34(42)43/h3-30H,1-2H3. The summed E-state index contributed by atoms with van der Waals surface area (Å²) >= 11 is 0. The van der Waals surface area contributed by atoms with Crippen LogP contribution in [0.15, 0.2) is 174 Å². The smallest absolute Gasteiger partial charge is 0.143 e. The zero-order valence-corrected chi connectivity index (χ0v) is 29.1. The van der Waals surface area contributed by atoms with Gasteiger partial charge in [0, 0.05) is 21.6 Å². The molecule has 0 N–H and O–H groups in total. The normalized spacial score (nSPS) is 13.3. The Bertz CT molecular complexity index is 3040. The van der Waals surface area contributed by atoms with Crippen molar-refractivity contribution in [1.82, 2.24) is 0 Å². The van der Waals surface area contributed by atoms with Gasteiger partial charge in [0.25, 0.3) is 0 Å². The molecular formula is C51H34O. The first-order chi connectivity index (χ1) is 25.6. The number of hydrogen-bond donors (Lipinski definition) is 0. The van der Waals surface area contributed by atoms with Crippen molar-refractivity contribution in [2.24, 2.45) is 0 Å². The Balaban J connectivity index is 1.16. The van der Waals surface area contributed by atoms with Crippen LogP contribution >= 0.6 is 0 Å². The first kappa shape index (κ1) is 29.3. The monoisotopic (exact) mass is 662 g/mol. The molecule has 11 rings (SSSR count). The maximum Gasteiger partial charge on any atom is 0.143 e. The van der Waals surface area contributed by atoms with Gasteiger partial charge in [0.1, 0.15) is 11.2 Å². The van der Waals surface area contributed by atoms with Crippen molar-refractivity contribution in [3.8, 4) is 44.5 Å². The number of para-hydroxylation sites is 1. The highest BCUT2D eigenvalue weighted by molar-refractivity contribution is 6.27. The Morgan fingerprint density at radius 1 is 0.346 bits per heavy atom. The maximum absolute atomic E-state index is 6.51. The van der Waals surface area contributed by atoms with Crippen LogP contribution in [0.4, 0.5) is 0 Å². The third-order valence-corrected chi connectivity index (χ3v) is 11.7. The molecule has 1 heteroatoms. The largest absolute Gasteiger partial charge is 0.455 e. The van der Waals surface area contributed by atoms with E-state index in [1.165, 1.54) is 82.6 Å². The van der Waals surface area contributed by atoms with Gasteiger partial charge in [-0.15, -0.1) is 0 Å². The number of hydrogen-bond acceptors (Lipinski definition) is 1. The summed E-state index contributed by atoms with van der Waals surface area (Å²) in [6, 6.07) is 62.5. The second-order valence-electron chi connectivity index (χ2n) is 14.8. The molecule has 0 saturated carbocycles. The van der Waals surface area contributed by atoms with Gasteiger partial charge in [0.15, 0.2) is 0 Å². The number of rotatable bonds is 3. The average Bonchev–Trinajstić information content (AvgIpc) is 3.68. The van der Waals surface area contributed by atoms with Crippen molar-refractivity contribution in [2.75, 3.05) is 0 Å². The molecule has 0 atom stereocenters. The molecule has 52 heavy (non-hydrogen) atoms. The first-order valence-corrected chi connectivity index (χ1v) is 18.2. The molecule has 0 amide bonds. The van der Waals surface area contributed by atoms with Gasteiger partial charge in [-0.05, 0) is 107 Å². The van der Waals surface area contributed by atoms with E-state index in [1.54, 1.807) is 0 Å². The van der Waals surface area contributed by atoms with Crippen LogP contribution in [-0.2, 0) is 5.41 Å². The third-order valence-electron chi connectivity index (χ3n) is 11.7. The summed E-state index contributed by atoms with van der Waals surface area (Å²) in [5, 5.41) is 9.62. The molecule has 1 aliphatic carbocycles. The van der Waals surface area contributed by atoms with E-state index < -0.39 is 0 Å². The van der Waals surface area contributed by atoms with Gasteiger partial charge >= 0.3 is 0 Å². The third kappa shape index (κ3) is 4.05. The first-order valence-electron chi connectivity index (χ1n) is 18.2. The van der Waals surface area contributed by atoms with Crippen LogP contribution in [0.5, 0.6) is 0 Å². The fourth-order valence-corrected chi connectivity index (χ4v) is 9.22. The maximum atomic E-state index is 6.51. The molecule has 0 aliphatic heterocycles. The second-order valence-corrected chi connectivity index (χ2v) is 14.8. The summed E-state index contributed by atoms with van der Waals surface area (Å²) < 4.78 is 6.51. The van der Waals surface area contributed by atoms with E-state index >= 15 is 0 Å². The van der Waals surface area contributed by atoms with Gasteiger partial charge < -0.3 is 4.42 Å². The van der Waals surface area contributed by atoms with E-state index in [9.17, 15) is 0 Å². The van der Waals surface area contributed by atoms with Crippen LogP contribution in [-0.4, -0.2) is 0 Å². The molecule has 244 valence electrons. The summed E-state index contributed by atoms with van der Waals surface area (Å²) in [4.78, 5) is 0. The Morgan fingerprint density at radius 3 is 1.65 bits per heavy atom. The lowest BCUT2D eigenvalue weighted by atomic mass is 9.81. The zero-order valence-electron chi connectivity index (χ0n) is 29.1. The molecule has 1 nitrogen and oxygen atoms in total. The van der Waals surface area contributed by atoms with E-state index in [0.717, 1.165) is 27.3 Å². The van der Waals surface area contributed by atoms with Crippen molar-refractivity contribution >= 4 is 54.3 Å². The molecule has 9 aromatic carbocycles. The van der Waals surface area contributed by atoms with Gasteiger partial charge in [0.2, 0.25) is 0 Å². The minimum Gasteiger partial charge on any atom is -0.455 e. The van der Waals surface area contributed by atoms with Crippen LogP contribution in [0, 0.1) is 0 Å². The summed E-state index contributed by atoms with van der Waals surface area (Å²) in [5.74, 6) is 0. The minimum absolute atomic E-state index is 0.0439. The highest BCUT2D eigenvalue weighted by Crippen LogP contribution is 2.51. The van der Waals surface area contributed by atoms with Gasteiger partial charge in [-0.1, -0.05) is 159 Å². The Hall–Kier alpha value is -6.44. The fraction of sp³-hybridized carbons (Fsp3) is 0.0588. The zero-order chi connectivity index (χ0) is 34.6. The predicted octanol–water partition coefficient (Wildman–Crippen LogP) is 14.4. The molecule has 0 bridgehead atoms. The molecule has 0 spiro atoms. The Morgan fingerprint density at radius 2 is 0.904 bits per heavy atom. The Kier molecular flexibility index (Phi) is 6.08. The molecule has 0 unspecified atom stereocenters. The van der Waals surface area contributed by atoms with Gasteiger partial charge in [-0.3, -0.25) is 0 Å². The van der Waals surface area contributed by atoms with Crippen LogP contribution < -0.4 is 0 Å².